The van der Waals surface area contributed by atoms with E-state index in [2.05, 4.69) is 6.07 Å². The van der Waals surface area contributed by atoms with E-state index in [0.717, 1.165) is 43.7 Å². The summed E-state index contributed by atoms with van der Waals surface area (Å²) in [5, 5.41) is 0. The first-order chi connectivity index (χ1) is 12.1. The van der Waals surface area contributed by atoms with E-state index in [1.165, 1.54) is 37.7 Å². The number of nitrogens with zero attached hydrogens (tertiary/aromatic N) is 1. The minimum absolute atomic E-state index is 0.232. The van der Waals surface area contributed by atoms with Crippen LogP contribution in [0.1, 0.15) is 56.1 Å². The lowest BCUT2D eigenvalue weighted by Crippen LogP contribution is -2.39. The van der Waals surface area contributed by atoms with Crippen LogP contribution < -0.4 is 4.74 Å². The van der Waals surface area contributed by atoms with Crippen LogP contribution in [0.5, 0.6) is 5.75 Å². The molecule has 4 nitrogen and oxygen atoms in total. The molecule has 3 aliphatic rings. The molecule has 0 spiro atoms. The normalized spacial score (nSPS) is 21.3. The van der Waals surface area contributed by atoms with Gasteiger partial charge in [0.1, 0.15) is 5.75 Å². The summed E-state index contributed by atoms with van der Waals surface area (Å²) in [7, 11) is -3.17. The van der Waals surface area contributed by atoms with Crippen LogP contribution in [0.25, 0.3) is 0 Å². The summed E-state index contributed by atoms with van der Waals surface area (Å²) < 4.78 is 33.4. The van der Waals surface area contributed by atoms with E-state index in [-0.39, 0.29) is 11.8 Å². The van der Waals surface area contributed by atoms with Crippen molar-refractivity contribution in [1.29, 1.82) is 0 Å². The fourth-order valence-corrected chi connectivity index (χ4v) is 6.07. The fourth-order valence-electron chi connectivity index (χ4n) is 4.24. The molecule has 1 heterocycles. The van der Waals surface area contributed by atoms with Gasteiger partial charge in [0.2, 0.25) is 10.0 Å². The molecule has 0 bridgehead atoms. The van der Waals surface area contributed by atoms with Crippen LogP contribution in [0.4, 0.5) is 0 Å². The predicted octanol–water partition coefficient (Wildman–Crippen LogP) is 3.54. The molecule has 0 radical (unpaired) electrons. The third-order valence-corrected chi connectivity index (χ3v) is 7.76. The number of fused-ring (bicyclic) bond motifs is 1. The minimum atomic E-state index is -3.17. The van der Waals surface area contributed by atoms with E-state index in [1.54, 1.807) is 0 Å². The zero-order valence-electron chi connectivity index (χ0n) is 15.0. The Morgan fingerprint density at radius 2 is 1.88 bits per heavy atom. The maximum atomic E-state index is 13.0. The van der Waals surface area contributed by atoms with Crippen molar-refractivity contribution in [3.8, 4) is 5.75 Å². The Morgan fingerprint density at radius 1 is 1.08 bits per heavy atom. The number of aryl methyl sites for hydroxylation is 1. The van der Waals surface area contributed by atoms with Gasteiger partial charge < -0.3 is 4.74 Å². The first kappa shape index (κ1) is 17.3. The van der Waals surface area contributed by atoms with E-state index >= 15 is 0 Å². The number of rotatable bonds is 7. The third kappa shape index (κ3) is 4.20. The van der Waals surface area contributed by atoms with E-state index in [9.17, 15) is 8.42 Å². The lowest BCUT2D eigenvalue weighted by Gasteiger charge is -2.29. The number of hydrogen-bond donors (Lipinski definition) is 0. The molecule has 1 aromatic carbocycles. The SMILES string of the molecule is O=S(=O)(CCc1ccc2c(c1)CCO2)N(CC1CCCCC1)C1CC1. The van der Waals surface area contributed by atoms with Crippen LogP contribution in [0, 0.1) is 5.92 Å². The van der Waals surface area contributed by atoms with Gasteiger partial charge in [0.05, 0.1) is 12.4 Å². The molecular weight excluding hydrogens is 334 g/mol. The van der Waals surface area contributed by atoms with Crippen LogP contribution in [0.3, 0.4) is 0 Å². The summed E-state index contributed by atoms with van der Waals surface area (Å²) in [6, 6.07) is 6.41. The molecule has 2 saturated carbocycles. The Hall–Kier alpha value is -1.07. The Kier molecular flexibility index (Phi) is 5.05. The van der Waals surface area contributed by atoms with Gasteiger partial charge in [0.15, 0.2) is 0 Å². The van der Waals surface area contributed by atoms with Crippen molar-refractivity contribution in [2.24, 2.45) is 5.92 Å². The zero-order chi connectivity index (χ0) is 17.3. The van der Waals surface area contributed by atoms with Crippen molar-refractivity contribution in [2.75, 3.05) is 18.9 Å². The highest BCUT2D eigenvalue weighted by Gasteiger charge is 2.38. The van der Waals surface area contributed by atoms with Gasteiger partial charge in [0.25, 0.3) is 0 Å². The summed E-state index contributed by atoms with van der Waals surface area (Å²) in [6.07, 6.45) is 9.86. The van der Waals surface area contributed by atoms with Crippen LogP contribution in [0.15, 0.2) is 18.2 Å². The molecule has 25 heavy (non-hydrogen) atoms. The number of hydrogen-bond acceptors (Lipinski definition) is 3. The van der Waals surface area contributed by atoms with Gasteiger partial charge >= 0.3 is 0 Å². The van der Waals surface area contributed by atoms with Gasteiger partial charge in [-0.15, -0.1) is 0 Å². The van der Waals surface area contributed by atoms with Gasteiger partial charge in [-0.05, 0) is 55.2 Å². The largest absolute Gasteiger partial charge is 0.493 e. The fraction of sp³-hybridized carbons (Fsp3) is 0.700. The molecule has 1 aliphatic heterocycles. The first-order valence-corrected chi connectivity index (χ1v) is 11.5. The van der Waals surface area contributed by atoms with Gasteiger partial charge in [-0.25, -0.2) is 8.42 Å². The van der Waals surface area contributed by atoms with Gasteiger partial charge in [-0.3, -0.25) is 0 Å². The van der Waals surface area contributed by atoms with Gasteiger partial charge in [-0.1, -0.05) is 31.4 Å². The average molecular weight is 364 g/mol. The molecule has 0 N–H and O–H groups in total. The topological polar surface area (TPSA) is 46.6 Å². The van der Waals surface area contributed by atoms with Crippen LogP contribution in [0.2, 0.25) is 0 Å². The number of ether oxygens (including phenoxy) is 1. The predicted molar refractivity (Wildman–Crippen MR) is 99.4 cm³/mol. The van der Waals surface area contributed by atoms with Crippen molar-refractivity contribution < 1.29 is 13.2 Å². The van der Waals surface area contributed by atoms with Crippen molar-refractivity contribution in [3.05, 3.63) is 29.3 Å². The molecule has 2 fully saturated rings. The van der Waals surface area contributed by atoms with Gasteiger partial charge in [-0.2, -0.15) is 4.31 Å². The molecule has 0 saturated heterocycles. The Balaban J connectivity index is 1.40. The maximum Gasteiger partial charge on any atom is 0.214 e. The second-order valence-corrected chi connectivity index (χ2v) is 9.95. The van der Waals surface area contributed by atoms with Crippen LogP contribution in [-0.4, -0.2) is 37.7 Å². The van der Waals surface area contributed by atoms with Crippen LogP contribution in [-0.2, 0) is 22.9 Å². The lowest BCUT2D eigenvalue weighted by atomic mass is 9.89. The maximum absolute atomic E-state index is 13.0. The molecule has 5 heteroatoms. The Morgan fingerprint density at radius 3 is 2.64 bits per heavy atom. The van der Waals surface area contributed by atoms with Gasteiger partial charge in [0, 0.05) is 19.0 Å². The average Bonchev–Trinajstić information content (AvgIpc) is 3.35. The van der Waals surface area contributed by atoms with Crippen LogP contribution >= 0.6 is 0 Å². The van der Waals surface area contributed by atoms with E-state index in [1.807, 2.05) is 16.4 Å². The molecule has 1 aromatic rings. The number of benzene rings is 1. The summed E-state index contributed by atoms with van der Waals surface area (Å²) in [4.78, 5) is 0. The minimum Gasteiger partial charge on any atom is -0.493 e. The molecule has 0 amide bonds. The Bertz CT molecular complexity index is 706. The van der Waals surface area contributed by atoms with E-state index in [0.29, 0.717) is 12.3 Å². The monoisotopic (exact) mass is 363 g/mol. The first-order valence-electron chi connectivity index (χ1n) is 9.86. The summed E-state index contributed by atoms with van der Waals surface area (Å²) in [5.41, 5.74) is 2.33. The summed E-state index contributed by atoms with van der Waals surface area (Å²) in [6.45, 7) is 1.50. The third-order valence-electron chi connectivity index (χ3n) is 5.88. The second kappa shape index (κ2) is 7.28. The molecule has 138 valence electrons. The molecule has 0 atom stereocenters. The smallest absolute Gasteiger partial charge is 0.214 e. The second-order valence-electron chi connectivity index (χ2n) is 7.91. The molecule has 4 rings (SSSR count). The van der Waals surface area contributed by atoms with Crippen molar-refractivity contribution in [3.63, 3.8) is 0 Å². The quantitative estimate of drug-likeness (QED) is 0.744. The molecule has 0 unspecified atom stereocenters. The van der Waals surface area contributed by atoms with Crippen molar-refractivity contribution in [1.82, 2.24) is 4.31 Å². The summed E-state index contributed by atoms with van der Waals surface area (Å²) in [5.74, 6) is 1.76. The van der Waals surface area contributed by atoms with E-state index < -0.39 is 10.0 Å². The number of sulfonamides is 1. The molecular formula is C20H29NO3S. The van der Waals surface area contributed by atoms with E-state index in [4.69, 9.17) is 4.74 Å². The standard InChI is InChI=1S/C20H29NO3S/c22-25(23,13-11-16-6-9-20-18(14-16)10-12-24-20)21(19-7-8-19)15-17-4-2-1-3-5-17/h6,9,14,17,19H,1-5,7-8,10-13,15H2. The highest BCUT2D eigenvalue weighted by molar-refractivity contribution is 7.89. The highest BCUT2D eigenvalue weighted by atomic mass is 32.2. The van der Waals surface area contributed by atoms with Crippen molar-refractivity contribution in [2.45, 2.75) is 63.8 Å². The molecule has 0 aromatic heterocycles. The highest BCUT2D eigenvalue weighted by Crippen LogP contribution is 2.34. The van der Waals surface area contributed by atoms with Crippen molar-refractivity contribution >= 4 is 10.0 Å². The summed E-state index contributed by atoms with van der Waals surface area (Å²) >= 11 is 0. The lowest BCUT2D eigenvalue weighted by molar-refractivity contribution is 0.274. The molecule has 2 aliphatic carbocycles. The Labute approximate surface area is 151 Å². The zero-order valence-corrected chi connectivity index (χ0v) is 15.8.